The Hall–Kier alpha value is -1.68. The van der Waals surface area contributed by atoms with Crippen LogP contribution in [0, 0.1) is 0 Å². The van der Waals surface area contributed by atoms with Crippen LogP contribution in [-0.4, -0.2) is 20.8 Å². The Morgan fingerprint density at radius 2 is 1.82 bits per heavy atom. The first-order chi connectivity index (χ1) is 8.24. The Morgan fingerprint density at radius 3 is 2.29 bits per heavy atom. The highest BCUT2D eigenvalue weighted by molar-refractivity contribution is 5.41. The molecule has 0 fully saturated rings. The van der Waals surface area contributed by atoms with Crippen molar-refractivity contribution < 1.29 is 14.2 Å². The van der Waals surface area contributed by atoms with Gasteiger partial charge in [0.2, 0.25) is 0 Å². The van der Waals surface area contributed by atoms with E-state index in [9.17, 15) is 0 Å². The lowest BCUT2D eigenvalue weighted by atomic mass is 10.0. The Morgan fingerprint density at radius 1 is 1.18 bits per heavy atom. The molecule has 0 radical (unpaired) electrons. The highest BCUT2D eigenvalue weighted by Crippen LogP contribution is 2.30. The van der Waals surface area contributed by atoms with Crippen LogP contribution in [0.15, 0.2) is 30.0 Å². The number of hydrogen-bond donors (Lipinski definition) is 1. The monoisotopic (exact) mass is 235 g/mol. The fourth-order valence-corrected chi connectivity index (χ4v) is 1.83. The molecule has 0 aliphatic carbocycles. The molecule has 17 heavy (non-hydrogen) atoms. The fraction of sp³-hybridized carbons (Fsp3) is 0.385. The number of hydrogen-bond acceptors (Lipinski definition) is 4. The van der Waals surface area contributed by atoms with Gasteiger partial charge in [-0.3, -0.25) is 0 Å². The largest absolute Gasteiger partial charge is 0.497 e. The summed E-state index contributed by atoms with van der Waals surface area (Å²) in [7, 11) is 3.24. The van der Waals surface area contributed by atoms with E-state index in [0.717, 1.165) is 29.2 Å². The molecule has 1 atom stereocenters. The summed E-state index contributed by atoms with van der Waals surface area (Å²) in [5, 5.41) is 0. The zero-order valence-electron chi connectivity index (χ0n) is 10.1. The van der Waals surface area contributed by atoms with Gasteiger partial charge < -0.3 is 19.9 Å². The second-order valence-corrected chi connectivity index (χ2v) is 3.87. The summed E-state index contributed by atoms with van der Waals surface area (Å²) >= 11 is 0. The first-order valence-electron chi connectivity index (χ1n) is 5.56. The van der Waals surface area contributed by atoms with Crippen LogP contribution in [0.25, 0.3) is 0 Å². The first kappa shape index (κ1) is 11.8. The van der Waals surface area contributed by atoms with E-state index in [0.29, 0.717) is 6.61 Å². The van der Waals surface area contributed by atoms with Gasteiger partial charge in [-0.2, -0.15) is 0 Å². The van der Waals surface area contributed by atoms with Gasteiger partial charge in [-0.25, -0.2) is 0 Å². The Balaban J connectivity index is 2.30. The SMILES string of the molecule is COc1cc(OC)cc(C(N)C2=CCCO2)c1. The van der Waals surface area contributed by atoms with Gasteiger partial charge in [0, 0.05) is 12.5 Å². The molecule has 2 N–H and O–H groups in total. The third kappa shape index (κ3) is 2.53. The average molecular weight is 235 g/mol. The standard InChI is InChI=1S/C13H17NO3/c1-15-10-6-9(7-11(8-10)16-2)13(14)12-4-3-5-17-12/h4,6-8,13H,3,5,14H2,1-2H3. The van der Waals surface area contributed by atoms with Crippen LogP contribution in [0.4, 0.5) is 0 Å². The first-order valence-corrected chi connectivity index (χ1v) is 5.56. The van der Waals surface area contributed by atoms with Gasteiger partial charge in [0.25, 0.3) is 0 Å². The van der Waals surface area contributed by atoms with Crippen molar-refractivity contribution in [3.05, 3.63) is 35.6 Å². The maximum Gasteiger partial charge on any atom is 0.122 e. The lowest BCUT2D eigenvalue weighted by molar-refractivity contribution is 0.225. The molecule has 92 valence electrons. The summed E-state index contributed by atoms with van der Waals surface area (Å²) in [5.41, 5.74) is 7.07. The van der Waals surface area contributed by atoms with Crippen molar-refractivity contribution in [2.45, 2.75) is 12.5 Å². The van der Waals surface area contributed by atoms with Crippen molar-refractivity contribution in [1.29, 1.82) is 0 Å². The maximum atomic E-state index is 6.14. The van der Waals surface area contributed by atoms with Gasteiger partial charge in [0.1, 0.15) is 17.3 Å². The van der Waals surface area contributed by atoms with Crippen molar-refractivity contribution in [3.8, 4) is 11.5 Å². The van der Waals surface area contributed by atoms with Crippen LogP contribution in [0.3, 0.4) is 0 Å². The molecule has 0 aromatic heterocycles. The lowest BCUT2D eigenvalue weighted by Gasteiger charge is -2.15. The molecule has 1 aliphatic heterocycles. The molecule has 1 aliphatic rings. The highest BCUT2D eigenvalue weighted by atomic mass is 16.5. The maximum absolute atomic E-state index is 6.14. The Kier molecular flexibility index (Phi) is 3.54. The van der Waals surface area contributed by atoms with Crippen molar-refractivity contribution in [2.24, 2.45) is 5.73 Å². The predicted molar refractivity (Wildman–Crippen MR) is 65.1 cm³/mol. The second kappa shape index (κ2) is 5.10. The van der Waals surface area contributed by atoms with Crippen LogP contribution in [-0.2, 0) is 4.74 Å². The van der Waals surface area contributed by atoms with Crippen molar-refractivity contribution in [2.75, 3.05) is 20.8 Å². The third-order valence-corrected chi connectivity index (χ3v) is 2.77. The van der Waals surface area contributed by atoms with Gasteiger partial charge in [0.15, 0.2) is 0 Å². The summed E-state index contributed by atoms with van der Waals surface area (Å²) in [6.07, 6.45) is 2.95. The van der Waals surface area contributed by atoms with Gasteiger partial charge in [-0.15, -0.1) is 0 Å². The van der Waals surface area contributed by atoms with E-state index < -0.39 is 0 Å². The molecule has 1 aromatic rings. The van der Waals surface area contributed by atoms with Crippen LogP contribution >= 0.6 is 0 Å². The van der Waals surface area contributed by atoms with E-state index in [-0.39, 0.29) is 6.04 Å². The zero-order valence-corrected chi connectivity index (χ0v) is 10.1. The van der Waals surface area contributed by atoms with Gasteiger partial charge in [-0.05, 0) is 23.8 Å². The molecule has 1 unspecified atom stereocenters. The average Bonchev–Trinajstić information content (AvgIpc) is 2.91. The molecule has 0 amide bonds. The van der Waals surface area contributed by atoms with E-state index in [4.69, 9.17) is 19.9 Å². The molecule has 0 bridgehead atoms. The fourth-order valence-electron chi connectivity index (χ4n) is 1.83. The lowest BCUT2D eigenvalue weighted by Crippen LogP contribution is -2.13. The summed E-state index contributed by atoms with van der Waals surface area (Å²) in [5.74, 6) is 2.28. The highest BCUT2D eigenvalue weighted by Gasteiger charge is 2.18. The molecule has 0 saturated heterocycles. The van der Waals surface area contributed by atoms with E-state index in [1.807, 2.05) is 24.3 Å². The van der Waals surface area contributed by atoms with E-state index >= 15 is 0 Å². The second-order valence-electron chi connectivity index (χ2n) is 3.87. The number of benzene rings is 1. The van der Waals surface area contributed by atoms with Crippen molar-refractivity contribution >= 4 is 0 Å². The summed E-state index contributed by atoms with van der Waals surface area (Å²) in [6, 6.07) is 5.35. The third-order valence-electron chi connectivity index (χ3n) is 2.77. The Bertz CT molecular complexity index is 406. The molecule has 4 heteroatoms. The molecular formula is C13H17NO3. The molecular weight excluding hydrogens is 218 g/mol. The molecule has 2 rings (SSSR count). The van der Waals surface area contributed by atoms with Crippen molar-refractivity contribution in [3.63, 3.8) is 0 Å². The summed E-state index contributed by atoms with van der Waals surface area (Å²) in [6.45, 7) is 0.712. The van der Waals surface area contributed by atoms with Gasteiger partial charge >= 0.3 is 0 Å². The summed E-state index contributed by atoms with van der Waals surface area (Å²) < 4.78 is 15.9. The van der Waals surface area contributed by atoms with E-state index in [2.05, 4.69) is 0 Å². The van der Waals surface area contributed by atoms with Crippen LogP contribution in [0.5, 0.6) is 11.5 Å². The smallest absolute Gasteiger partial charge is 0.122 e. The molecule has 1 heterocycles. The van der Waals surface area contributed by atoms with Gasteiger partial charge in [0.05, 0.1) is 26.9 Å². The van der Waals surface area contributed by atoms with Crippen molar-refractivity contribution in [1.82, 2.24) is 0 Å². The van der Waals surface area contributed by atoms with Gasteiger partial charge in [-0.1, -0.05) is 0 Å². The van der Waals surface area contributed by atoms with E-state index in [1.165, 1.54) is 0 Å². The minimum Gasteiger partial charge on any atom is -0.497 e. The van der Waals surface area contributed by atoms with Crippen LogP contribution in [0.2, 0.25) is 0 Å². The summed E-state index contributed by atoms with van der Waals surface area (Å²) in [4.78, 5) is 0. The molecule has 1 aromatic carbocycles. The number of rotatable bonds is 4. The van der Waals surface area contributed by atoms with E-state index in [1.54, 1.807) is 14.2 Å². The predicted octanol–water partition coefficient (Wildman–Crippen LogP) is 2.01. The minimum absolute atomic E-state index is 0.263. The molecule has 4 nitrogen and oxygen atoms in total. The molecule has 0 spiro atoms. The normalized spacial score (nSPS) is 16.1. The Labute approximate surface area is 101 Å². The zero-order chi connectivity index (χ0) is 12.3. The van der Waals surface area contributed by atoms with Crippen LogP contribution < -0.4 is 15.2 Å². The number of ether oxygens (including phenoxy) is 3. The van der Waals surface area contributed by atoms with Crippen LogP contribution in [0.1, 0.15) is 18.0 Å². The quantitative estimate of drug-likeness (QED) is 0.867. The number of methoxy groups -OCH3 is 2. The molecule has 0 saturated carbocycles. The number of nitrogens with two attached hydrogens (primary N) is 1. The minimum atomic E-state index is -0.263. The topological polar surface area (TPSA) is 53.7 Å².